The molecule has 1 aromatic rings. The largest absolute Gasteiger partial charge is 0.482 e. The summed E-state index contributed by atoms with van der Waals surface area (Å²) in [6, 6.07) is 8.17. The number of hydrogen-bond donors (Lipinski definition) is 2. The maximum absolute atomic E-state index is 12.3. The van der Waals surface area contributed by atoms with E-state index in [9.17, 15) is 4.79 Å². The number of anilines is 1. The van der Waals surface area contributed by atoms with Crippen LogP contribution in [0.4, 0.5) is 5.69 Å². The van der Waals surface area contributed by atoms with Gasteiger partial charge in [-0.05, 0) is 24.5 Å². The van der Waals surface area contributed by atoms with Crippen molar-refractivity contribution in [1.29, 1.82) is 0 Å². The first-order chi connectivity index (χ1) is 15.7. The third-order valence-electron chi connectivity index (χ3n) is 6.47. The number of nitrogens with one attached hydrogen (secondary N) is 2. The maximum Gasteiger partial charge on any atom is 0.265 e. The molecule has 0 aliphatic carbocycles. The smallest absolute Gasteiger partial charge is 0.265 e. The van der Waals surface area contributed by atoms with E-state index in [1.165, 1.54) is 12.8 Å². The van der Waals surface area contributed by atoms with Gasteiger partial charge in [0.05, 0.1) is 18.9 Å². The number of guanidine groups is 1. The highest BCUT2D eigenvalue weighted by Crippen LogP contribution is 2.31. The molecule has 0 aromatic heterocycles. The van der Waals surface area contributed by atoms with Crippen LogP contribution in [0.25, 0.3) is 0 Å². The highest BCUT2D eigenvalue weighted by Gasteiger charge is 2.27. The molecule has 9 heteroatoms. The lowest BCUT2D eigenvalue weighted by Crippen LogP contribution is -2.53. The summed E-state index contributed by atoms with van der Waals surface area (Å²) in [6.45, 7) is 10.5. The van der Waals surface area contributed by atoms with Crippen molar-refractivity contribution in [1.82, 2.24) is 15.5 Å². The topological polar surface area (TPSA) is 78.4 Å². The molecule has 2 aliphatic rings. The molecule has 33 heavy (non-hydrogen) atoms. The molecule has 0 saturated carbocycles. The summed E-state index contributed by atoms with van der Waals surface area (Å²) in [4.78, 5) is 21.1. The van der Waals surface area contributed by atoms with Crippen LogP contribution in [0.1, 0.15) is 33.1 Å². The standard InChI is InChI=1S/C24H39N5O3.HI/c1-4-19(5-2)21(28-13-15-31-16-14-28)17-27-24(25-3)26-11-8-12-29-20-9-6-7-10-22(20)32-18-23(29)30;/h6-7,9-10,19,21H,4-5,8,11-18H2,1-3H3,(H2,25,26,27);1H. The highest BCUT2D eigenvalue weighted by molar-refractivity contribution is 14.0. The summed E-state index contributed by atoms with van der Waals surface area (Å²) in [7, 11) is 1.80. The first-order valence-electron chi connectivity index (χ1n) is 12.0. The van der Waals surface area contributed by atoms with E-state index in [2.05, 4.69) is 34.4 Å². The molecule has 2 N–H and O–H groups in total. The van der Waals surface area contributed by atoms with Crippen molar-refractivity contribution in [3.8, 4) is 5.75 Å². The number of rotatable bonds is 10. The van der Waals surface area contributed by atoms with Crippen molar-refractivity contribution in [2.45, 2.75) is 39.2 Å². The van der Waals surface area contributed by atoms with Gasteiger partial charge in [-0.25, -0.2) is 0 Å². The zero-order valence-corrected chi connectivity index (χ0v) is 22.5. The first kappa shape index (κ1) is 27.7. The molecule has 1 unspecified atom stereocenters. The summed E-state index contributed by atoms with van der Waals surface area (Å²) in [5, 5.41) is 6.94. The number of nitrogens with zero attached hydrogens (tertiary/aromatic N) is 3. The number of fused-ring (bicyclic) bond motifs is 1. The zero-order chi connectivity index (χ0) is 22.8. The molecule has 1 atom stereocenters. The monoisotopic (exact) mass is 573 g/mol. The number of morpholine rings is 1. The van der Waals surface area contributed by atoms with Crippen molar-refractivity contribution in [2.24, 2.45) is 10.9 Å². The Hall–Kier alpha value is -1.59. The Bertz CT molecular complexity index is 753. The Morgan fingerprint density at radius 3 is 2.58 bits per heavy atom. The van der Waals surface area contributed by atoms with Gasteiger partial charge in [0.15, 0.2) is 12.6 Å². The van der Waals surface area contributed by atoms with Gasteiger partial charge in [-0.3, -0.25) is 14.7 Å². The molecular formula is C24H40IN5O3. The van der Waals surface area contributed by atoms with Gasteiger partial charge in [0.25, 0.3) is 5.91 Å². The lowest BCUT2D eigenvalue weighted by Gasteiger charge is -2.39. The predicted molar refractivity (Wildman–Crippen MR) is 144 cm³/mol. The average Bonchev–Trinajstić information content (AvgIpc) is 2.84. The molecule has 2 heterocycles. The Balaban J connectivity index is 0.00000385. The number of aliphatic imine (C=N–C) groups is 1. The molecule has 0 spiro atoms. The second-order valence-electron chi connectivity index (χ2n) is 8.33. The molecule has 0 radical (unpaired) electrons. The summed E-state index contributed by atoms with van der Waals surface area (Å²) in [5.74, 6) is 2.23. The van der Waals surface area contributed by atoms with Crippen LogP contribution in [-0.4, -0.2) is 82.4 Å². The van der Waals surface area contributed by atoms with E-state index in [1.54, 1.807) is 7.05 Å². The third kappa shape index (κ3) is 7.71. The number of para-hydroxylation sites is 2. The molecule has 1 fully saturated rings. The Morgan fingerprint density at radius 1 is 1.15 bits per heavy atom. The fraction of sp³-hybridized carbons (Fsp3) is 0.667. The lowest BCUT2D eigenvalue weighted by atomic mass is 9.92. The van der Waals surface area contributed by atoms with E-state index < -0.39 is 0 Å². The summed E-state index contributed by atoms with van der Waals surface area (Å²) in [5.41, 5.74) is 0.852. The highest BCUT2D eigenvalue weighted by atomic mass is 127. The van der Waals surface area contributed by atoms with E-state index in [0.717, 1.165) is 63.2 Å². The number of amides is 1. The predicted octanol–water partition coefficient (Wildman–Crippen LogP) is 2.72. The van der Waals surface area contributed by atoms with Crippen LogP contribution in [0.3, 0.4) is 0 Å². The molecular weight excluding hydrogens is 533 g/mol. The van der Waals surface area contributed by atoms with Crippen LogP contribution >= 0.6 is 24.0 Å². The summed E-state index contributed by atoms with van der Waals surface area (Å²) >= 11 is 0. The minimum absolute atomic E-state index is 0. The van der Waals surface area contributed by atoms with Crippen LogP contribution in [0.2, 0.25) is 0 Å². The van der Waals surface area contributed by atoms with Crippen LogP contribution < -0.4 is 20.3 Å². The van der Waals surface area contributed by atoms with Crippen LogP contribution in [0, 0.1) is 5.92 Å². The van der Waals surface area contributed by atoms with E-state index in [0.29, 0.717) is 18.5 Å². The fourth-order valence-electron chi connectivity index (χ4n) is 4.60. The van der Waals surface area contributed by atoms with Gasteiger partial charge in [-0.2, -0.15) is 0 Å². The lowest BCUT2D eigenvalue weighted by molar-refractivity contribution is -0.121. The van der Waals surface area contributed by atoms with Crippen LogP contribution in [0.5, 0.6) is 5.75 Å². The Kier molecular flexibility index (Phi) is 12.3. The van der Waals surface area contributed by atoms with E-state index in [-0.39, 0.29) is 36.5 Å². The van der Waals surface area contributed by atoms with Crippen LogP contribution in [-0.2, 0) is 9.53 Å². The number of hydrogen-bond acceptors (Lipinski definition) is 5. The van der Waals surface area contributed by atoms with E-state index in [1.807, 2.05) is 29.2 Å². The molecule has 1 saturated heterocycles. The number of carbonyl (C=O) groups excluding carboxylic acids is 1. The first-order valence-corrected chi connectivity index (χ1v) is 12.0. The number of carbonyl (C=O) groups is 1. The number of halogens is 1. The number of ether oxygens (including phenoxy) is 2. The van der Waals surface area contributed by atoms with Crippen molar-refractivity contribution >= 4 is 41.5 Å². The van der Waals surface area contributed by atoms with Gasteiger partial charge in [0, 0.05) is 45.8 Å². The normalized spacial score (nSPS) is 17.8. The average molecular weight is 574 g/mol. The zero-order valence-electron chi connectivity index (χ0n) is 20.2. The SMILES string of the molecule is CCC(CC)C(CNC(=NC)NCCCN1C(=O)COc2ccccc21)N1CCOCC1.I. The van der Waals surface area contributed by atoms with Crippen molar-refractivity contribution in [3.05, 3.63) is 24.3 Å². The quantitative estimate of drug-likeness (QED) is 0.194. The molecule has 2 aliphatic heterocycles. The fourth-order valence-corrected chi connectivity index (χ4v) is 4.60. The second-order valence-corrected chi connectivity index (χ2v) is 8.33. The Morgan fingerprint density at radius 2 is 1.88 bits per heavy atom. The molecule has 0 bridgehead atoms. The minimum Gasteiger partial charge on any atom is -0.482 e. The van der Waals surface area contributed by atoms with Gasteiger partial charge < -0.3 is 25.0 Å². The van der Waals surface area contributed by atoms with Gasteiger partial charge in [0.2, 0.25) is 0 Å². The van der Waals surface area contributed by atoms with E-state index >= 15 is 0 Å². The molecule has 1 amide bonds. The van der Waals surface area contributed by atoms with Gasteiger partial charge in [0.1, 0.15) is 5.75 Å². The van der Waals surface area contributed by atoms with Crippen LogP contribution in [0.15, 0.2) is 29.3 Å². The van der Waals surface area contributed by atoms with Crippen molar-refractivity contribution < 1.29 is 14.3 Å². The van der Waals surface area contributed by atoms with Gasteiger partial charge >= 0.3 is 0 Å². The maximum atomic E-state index is 12.3. The van der Waals surface area contributed by atoms with Gasteiger partial charge in [-0.15, -0.1) is 24.0 Å². The minimum atomic E-state index is 0. The summed E-state index contributed by atoms with van der Waals surface area (Å²) in [6.07, 6.45) is 3.16. The molecule has 3 rings (SSSR count). The third-order valence-corrected chi connectivity index (χ3v) is 6.47. The summed E-state index contributed by atoms with van der Waals surface area (Å²) < 4.78 is 11.1. The van der Waals surface area contributed by atoms with E-state index in [4.69, 9.17) is 9.47 Å². The Labute approximate surface area is 215 Å². The number of benzene rings is 1. The molecule has 186 valence electrons. The second kappa shape index (κ2) is 14.6. The van der Waals surface area contributed by atoms with Crippen molar-refractivity contribution in [3.63, 3.8) is 0 Å². The van der Waals surface area contributed by atoms with Gasteiger partial charge in [-0.1, -0.05) is 38.8 Å². The van der Waals surface area contributed by atoms with Crippen molar-refractivity contribution in [2.75, 3.05) is 64.5 Å². The molecule has 1 aromatic carbocycles. The molecule has 8 nitrogen and oxygen atoms in total.